The molecule has 7 rings (SSSR count). The third-order valence-corrected chi connectivity index (χ3v) is 15.2. The first-order valence-corrected chi connectivity index (χ1v) is 24.1. The molecule has 0 saturated heterocycles. The molecule has 66 heavy (non-hydrogen) atoms. The summed E-state index contributed by atoms with van der Waals surface area (Å²) in [7, 11) is -7.65. The zero-order valence-electron chi connectivity index (χ0n) is 35.0. The first kappa shape index (κ1) is 48.9. The van der Waals surface area contributed by atoms with Crippen LogP contribution in [-0.2, 0) is 61.6 Å². The fourth-order valence-corrected chi connectivity index (χ4v) is 10.9. The maximum absolute atomic E-state index is 15.4. The Morgan fingerprint density at radius 1 is 0.894 bits per heavy atom. The van der Waals surface area contributed by atoms with Gasteiger partial charge in [-0.15, -0.1) is 0 Å². The van der Waals surface area contributed by atoms with Gasteiger partial charge in [-0.1, -0.05) is 23.6 Å². The minimum absolute atomic E-state index is 0.00609. The van der Waals surface area contributed by atoms with E-state index in [2.05, 4.69) is 27.0 Å². The number of fused-ring (bicyclic) bond motifs is 2. The van der Waals surface area contributed by atoms with Crippen molar-refractivity contribution in [3.05, 3.63) is 98.7 Å². The molecule has 0 bridgehead atoms. The van der Waals surface area contributed by atoms with Gasteiger partial charge in [0.05, 0.1) is 38.5 Å². The molecule has 2 aliphatic rings. The molecule has 1 saturated carbocycles. The zero-order chi connectivity index (χ0) is 48.5. The topological polar surface area (TPSA) is 134 Å². The van der Waals surface area contributed by atoms with Gasteiger partial charge in [-0.05, 0) is 74.9 Å². The van der Waals surface area contributed by atoms with Crippen molar-refractivity contribution >= 4 is 48.0 Å². The lowest BCUT2D eigenvalue weighted by Gasteiger charge is -2.29. The molecule has 0 amide bonds. The molecule has 0 N–H and O–H groups in total. The van der Waals surface area contributed by atoms with Gasteiger partial charge in [-0.3, -0.25) is 14.2 Å². The van der Waals surface area contributed by atoms with Crippen LogP contribution in [0.4, 0.5) is 43.9 Å². The van der Waals surface area contributed by atoms with E-state index in [1.54, 1.807) is 0 Å². The van der Waals surface area contributed by atoms with Gasteiger partial charge in [0, 0.05) is 54.0 Å². The Hall–Kier alpha value is -5.01. The van der Waals surface area contributed by atoms with Crippen LogP contribution >= 0.6 is 11.6 Å². The average Bonchev–Trinajstić information content (AvgIpc) is 3.90. The van der Waals surface area contributed by atoms with E-state index in [1.165, 1.54) is 38.1 Å². The van der Waals surface area contributed by atoms with Gasteiger partial charge < -0.3 is 0 Å². The van der Waals surface area contributed by atoms with E-state index in [0.717, 1.165) is 23.1 Å². The van der Waals surface area contributed by atoms with Crippen LogP contribution in [0.15, 0.2) is 42.5 Å². The van der Waals surface area contributed by atoms with E-state index >= 15 is 17.6 Å². The second kappa shape index (κ2) is 17.6. The van der Waals surface area contributed by atoms with Gasteiger partial charge in [0.25, 0.3) is 24.7 Å². The predicted molar refractivity (Wildman–Crippen MR) is 222 cm³/mol. The number of halogens is 11. The first-order chi connectivity index (χ1) is 30.6. The summed E-state index contributed by atoms with van der Waals surface area (Å²) in [5.41, 5.74) is -5.81. The standard InChI is InChI=1S/C43H38ClF10N5O5S2/c1-41(2,66(63,64)28-5-6-28)11-10-26-4-7-29(30-8-9-31(44)34-32(21-65(3,61)62)56-58(38(30)34)20-33(47)48)36(55-26)23(14-22-15-24(45)18-25(46)16-22)17-27(60)19-59-39-35(37(57-59)40(49)50)42(51,52)12-13-43(39,53)54/h4,7-9,15-16,18,23,28,33,40H,5-6,12-14,17,19-21H2,1-3H3/t23-/m1/s1. The second-order valence-corrected chi connectivity index (χ2v) is 22.3. The Labute approximate surface area is 376 Å². The van der Waals surface area contributed by atoms with Crippen LogP contribution in [-0.4, -0.2) is 69.8 Å². The number of hydrogen-bond acceptors (Lipinski definition) is 8. The smallest absolute Gasteiger partial charge is 0.290 e. The van der Waals surface area contributed by atoms with Crippen molar-refractivity contribution in [1.29, 1.82) is 0 Å². The molecule has 2 aliphatic carbocycles. The molecule has 23 heteroatoms. The highest BCUT2D eigenvalue weighted by atomic mass is 35.5. The number of pyridine rings is 1. The quantitative estimate of drug-likeness (QED) is 0.0748. The van der Waals surface area contributed by atoms with E-state index in [-0.39, 0.29) is 54.4 Å². The SMILES string of the molecule is CC(C)(C#Cc1ccc(-c2ccc(Cl)c3c(CS(C)(=O)=O)nn(CC(F)F)c23)c([C@@H](CC(=O)Cn2nc(C(F)F)c3c2C(F)(F)CCC3(F)F)Cc2cc(F)cc(F)c2)n1)S(=O)(=O)C1CC1. The van der Waals surface area contributed by atoms with Crippen molar-refractivity contribution in [2.75, 3.05) is 6.26 Å². The summed E-state index contributed by atoms with van der Waals surface area (Å²) >= 11 is 6.58. The van der Waals surface area contributed by atoms with Crippen LogP contribution in [0.2, 0.25) is 5.02 Å². The molecule has 5 aromatic rings. The number of carbonyl (C=O) groups is 1. The van der Waals surface area contributed by atoms with Crippen LogP contribution < -0.4 is 0 Å². The first-order valence-electron chi connectivity index (χ1n) is 20.1. The molecule has 1 atom stereocenters. The van der Waals surface area contributed by atoms with Crippen LogP contribution in [0.1, 0.15) is 97.9 Å². The van der Waals surface area contributed by atoms with E-state index in [9.17, 15) is 48.0 Å². The highest BCUT2D eigenvalue weighted by Gasteiger charge is 2.55. The van der Waals surface area contributed by atoms with E-state index < -0.39 is 139 Å². The number of alkyl halides is 8. The molecule has 3 aromatic heterocycles. The number of Topliss-reactive ketones (excluding diaryl/α,β-unsaturated/α-hetero) is 1. The molecule has 1 fully saturated rings. The fraction of sp³-hybridized carbons (Fsp3) is 0.442. The van der Waals surface area contributed by atoms with Crippen LogP contribution in [0, 0.1) is 23.5 Å². The third-order valence-electron chi connectivity index (χ3n) is 11.2. The summed E-state index contributed by atoms with van der Waals surface area (Å²) in [5.74, 6) is -8.30. The average molecular weight is 994 g/mol. The molecule has 0 aliphatic heterocycles. The van der Waals surface area contributed by atoms with Gasteiger partial charge in [0.2, 0.25) is 0 Å². The Balaban J connectivity index is 1.45. The van der Waals surface area contributed by atoms with Crippen molar-refractivity contribution in [2.45, 2.75) is 112 Å². The summed E-state index contributed by atoms with van der Waals surface area (Å²) in [6.45, 7) is 0.377. The third kappa shape index (κ3) is 9.98. The number of hydrogen-bond donors (Lipinski definition) is 0. The number of ketones is 1. The number of aromatic nitrogens is 5. The molecule has 2 aromatic carbocycles. The summed E-state index contributed by atoms with van der Waals surface area (Å²) in [6.07, 6.45) is -9.41. The molecular weight excluding hydrogens is 956 g/mol. The summed E-state index contributed by atoms with van der Waals surface area (Å²) in [6, 6.07) is 7.61. The minimum Gasteiger partial charge on any atom is -0.298 e. The monoisotopic (exact) mass is 993 g/mol. The lowest BCUT2D eigenvalue weighted by Crippen LogP contribution is -2.33. The Morgan fingerprint density at radius 3 is 2.14 bits per heavy atom. The van der Waals surface area contributed by atoms with Crippen molar-refractivity contribution in [2.24, 2.45) is 0 Å². The maximum atomic E-state index is 15.4. The Bertz CT molecular complexity index is 3030. The molecule has 354 valence electrons. The van der Waals surface area contributed by atoms with E-state index in [1.807, 2.05) is 0 Å². The van der Waals surface area contributed by atoms with Crippen molar-refractivity contribution in [1.82, 2.24) is 24.5 Å². The van der Waals surface area contributed by atoms with Crippen LogP contribution in [0.25, 0.3) is 22.0 Å². The maximum Gasteiger partial charge on any atom is 0.290 e. The Kier molecular flexibility index (Phi) is 13.0. The largest absolute Gasteiger partial charge is 0.298 e. The van der Waals surface area contributed by atoms with Gasteiger partial charge in [0.1, 0.15) is 46.6 Å². The van der Waals surface area contributed by atoms with Gasteiger partial charge in [-0.25, -0.2) is 56.9 Å². The van der Waals surface area contributed by atoms with Gasteiger partial charge in [0.15, 0.2) is 25.5 Å². The number of sulfone groups is 2. The van der Waals surface area contributed by atoms with Crippen LogP contribution in [0.5, 0.6) is 0 Å². The number of benzene rings is 2. The summed E-state index contributed by atoms with van der Waals surface area (Å²) in [4.78, 5) is 18.8. The summed E-state index contributed by atoms with van der Waals surface area (Å²) < 4.78 is 198. The van der Waals surface area contributed by atoms with Crippen molar-refractivity contribution in [3.63, 3.8) is 0 Å². The second-order valence-electron chi connectivity index (χ2n) is 16.9. The molecule has 0 spiro atoms. The van der Waals surface area contributed by atoms with Gasteiger partial charge in [-0.2, -0.15) is 19.0 Å². The zero-order valence-corrected chi connectivity index (χ0v) is 37.4. The summed E-state index contributed by atoms with van der Waals surface area (Å²) in [5, 5.41) is 6.71. The molecule has 0 radical (unpaired) electrons. The minimum atomic E-state index is -4.16. The van der Waals surface area contributed by atoms with Gasteiger partial charge >= 0.3 is 0 Å². The molecule has 3 heterocycles. The lowest BCUT2D eigenvalue weighted by atomic mass is 9.86. The lowest BCUT2D eigenvalue weighted by molar-refractivity contribution is -0.121. The van der Waals surface area contributed by atoms with Crippen molar-refractivity contribution in [3.8, 4) is 23.0 Å². The number of nitrogens with zero attached hydrogens (tertiary/aromatic N) is 5. The van der Waals surface area contributed by atoms with E-state index in [0.29, 0.717) is 18.9 Å². The predicted octanol–water partition coefficient (Wildman–Crippen LogP) is 9.64. The normalized spacial score (nSPS) is 16.7. The van der Waals surface area contributed by atoms with E-state index in [4.69, 9.17) is 11.6 Å². The number of rotatable bonds is 15. The fourth-order valence-electron chi connectivity index (χ4n) is 8.17. The highest BCUT2D eigenvalue weighted by molar-refractivity contribution is 7.93. The molecule has 0 unspecified atom stereocenters. The van der Waals surface area contributed by atoms with Crippen molar-refractivity contribution < 1.29 is 65.5 Å². The van der Waals surface area contributed by atoms with Crippen LogP contribution in [0.3, 0.4) is 0 Å². The Morgan fingerprint density at radius 2 is 1.53 bits per heavy atom. The highest BCUT2D eigenvalue weighted by Crippen LogP contribution is 2.52. The molecular formula is C43H38ClF10N5O5S2. The molecule has 10 nitrogen and oxygen atoms in total. The number of carbonyl (C=O) groups excluding carboxylic acids is 1.